The van der Waals surface area contributed by atoms with Crippen molar-refractivity contribution in [2.75, 3.05) is 0 Å². The summed E-state index contributed by atoms with van der Waals surface area (Å²) < 4.78 is 0. The Morgan fingerprint density at radius 1 is 0.538 bits per heavy atom. The molecule has 4 heteroatoms. The van der Waals surface area contributed by atoms with Gasteiger partial charge in [-0.2, -0.15) is 0 Å². The molecule has 0 amide bonds. The molecule has 0 fully saturated rings. The van der Waals surface area contributed by atoms with Gasteiger partial charge in [0.25, 0.3) is 0 Å². The molecule has 2 atom stereocenters. The van der Waals surface area contributed by atoms with Gasteiger partial charge in [-0.05, 0) is 83.0 Å². The van der Waals surface area contributed by atoms with Gasteiger partial charge >= 0.3 is 0 Å². The molecule has 2 heterocycles. The van der Waals surface area contributed by atoms with Crippen LogP contribution in [0.1, 0.15) is 79.9 Å². The predicted octanol–water partition coefficient (Wildman–Crippen LogP) is 6.78. The molecule has 0 unspecified atom stereocenters. The molecule has 0 saturated heterocycles. The molecule has 0 aliphatic heterocycles. The van der Waals surface area contributed by atoms with E-state index in [4.69, 9.17) is 0 Å². The maximum atomic E-state index is 11.4. The van der Waals surface area contributed by atoms with E-state index in [0.29, 0.717) is 0 Å². The molecule has 204 valence electrons. The van der Waals surface area contributed by atoms with Crippen molar-refractivity contribution in [2.45, 2.75) is 72.0 Å². The van der Waals surface area contributed by atoms with Crippen molar-refractivity contribution >= 4 is 0 Å². The fourth-order valence-electron chi connectivity index (χ4n) is 6.15. The molecule has 0 bridgehead atoms. The topological polar surface area (TPSA) is 66.2 Å². The van der Waals surface area contributed by atoms with E-state index >= 15 is 0 Å². The number of nitrogens with zero attached hydrogens (tertiary/aromatic N) is 2. The molecule has 2 aromatic carbocycles. The molecule has 2 N–H and O–H groups in total. The largest absolute Gasteiger partial charge is 0.378 e. The number of aryl methyl sites for hydroxylation is 4. The summed E-state index contributed by atoms with van der Waals surface area (Å²) in [4.78, 5) is 9.01. The number of hydrogen-bond donors (Lipinski definition) is 2. The molecule has 2 aliphatic carbocycles. The summed E-state index contributed by atoms with van der Waals surface area (Å²) >= 11 is 0. The molecule has 0 radical (unpaired) electrons. The smallest absolute Gasteiger partial charge is 0.134 e. The summed E-state index contributed by atoms with van der Waals surface area (Å²) in [6.07, 6.45) is 7.36. The third-order valence-corrected chi connectivity index (χ3v) is 8.36. The molecule has 2 aliphatic rings. The van der Waals surface area contributed by atoms with Crippen LogP contribution in [0.25, 0.3) is 0 Å². The van der Waals surface area contributed by atoms with Gasteiger partial charge in [0, 0.05) is 12.4 Å². The lowest BCUT2D eigenvalue weighted by Gasteiger charge is -2.33. The third kappa shape index (κ3) is 4.92. The number of rotatable bonds is 2. The van der Waals surface area contributed by atoms with Gasteiger partial charge in [0.1, 0.15) is 11.2 Å². The normalized spacial score (nSPS) is 21.1. The van der Waals surface area contributed by atoms with Gasteiger partial charge in [-0.15, -0.1) is 0 Å². The molecule has 2 aromatic heterocycles. The molecule has 4 aromatic rings. The van der Waals surface area contributed by atoms with Crippen LogP contribution in [0.15, 0.2) is 85.2 Å². The van der Waals surface area contributed by atoms with E-state index in [1.807, 2.05) is 48.5 Å². The zero-order valence-corrected chi connectivity index (χ0v) is 22.9. The quantitative estimate of drug-likeness (QED) is 0.305. The maximum Gasteiger partial charge on any atom is 0.134 e. The minimum absolute atomic E-state index is 0. The standard InChI is InChI=1S/2C17H19NO.CH4/c2*1-12(2)17(19)15-8-4-3-6-13(15)9-10-14-7-5-11-18-16(14)17;/h2*3-8,11-12,19H,9-10H2,1-2H3;1H4/t2*17-;/m10./s1. The second-order valence-corrected chi connectivity index (χ2v) is 11.2. The van der Waals surface area contributed by atoms with E-state index in [0.717, 1.165) is 59.3 Å². The van der Waals surface area contributed by atoms with Gasteiger partial charge in [0.05, 0.1) is 11.4 Å². The lowest BCUT2D eigenvalue weighted by Crippen LogP contribution is -2.35. The highest BCUT2D eigenvalue weighted by molar-refractivity contribution is 5.46. The van der Waals surface area contributed by atoms with Gasteiger partial charge < -0.3 is 10.2 Å². The van der Waals surface area contributed by atoms with E-state index < -0.39 is 11.2 Å². The summed E-state index contributed by atoms with van der Waals surface area (Å²) in [5.41, 5.74) is 6.51. The average molecular weight is 523 g/mol. The summed E-state index contributed by atoms with van der Waals surface area (Å²) in [7, 11) is 0. The molecule has 4 nitrogen and oxygen atoms in total. The number of aliphatic hydroxyl groups is 2. The average Bonchev–Trinajstić information content (AvgIpc) is 3.16. The number of benzene rings is 2. The molecule has 6 rings (SSSR count). The Morgan fingerprint density at radius 3 is 1.26 bits per heavy atom. The molecule has 0 saturated carbocycles. The summed E-state index contributed by atoms with van der Waals surface area (Å²) in [6.45, 7) is 8.22. The van der Waals surface area contributed by atoms with Crippen LogP contribution in [0.5, 0.6) is 0 Å². The summed E-state index contributed by atoms with van der Waals surface area (Å²) in [5, 5.41) is 22.7. The van der Waals surface area contributed by atoms with E-state index in [9.17, 15) is 10.2 Å². The van der Waals surface area contributed by atoms with Gasteiger partial charge in [-0.1, -0.05) is 95.8 Å². The first-order valence-electron chi connectivity index (χ1n) is 13.8. The predicted molar refractivity (Wildman–Crippen MR) is 159 cm³/mol. The first-order valence-corrected chi connectivity index (χ1v) is 13.8. The van der Waals surface area contributed by atoms with Crippen molar-refractivity contribution in [3.63, 3.8) is 0 Å². The first kappa shape index (κ1) is 28.7. The SMILES string of the molecule is C.CC(C)[C@@]1(O)c2ccccc2CCc2cccnc21.CC(C)[C@]1(O)c2ccccc2CCc2cccnc21. The van der Waals surface area contributed by atoms with Gasteiger partial charge in [0.15, 0.2) is 0 Å². The van der Waals surface area contributed by atoms with Gasteiger partial charge in [-0.25, -0.2) is 0 Å². The molecular weight excluding hydrogens is 480 g/mol. The lowest BCUT2D eigenvalue weighted by atomic mass is 9.78. The van der Waals surface area contributed by atoms with Gasteiger partial charge in [0.2, 0.25) is 0 Å². The number of fused-ring (bicyclic) bond motifs is 4. The Hall–Kier alpha value is -3.34. The second-order valence-electron chi connectivity index (χ2n) is 11.2. The van der Waals surface area contributed by atoms with Crippen molar-refractivity contribution < 1.29 is 10.2 Å². The Labute approximate surface area is 233 Å². The van der Waals surface area contributed by atoms with E-state index in [2.05, 4.69) is 61.9 Å². The van der Waals surface area contributed by atoms with Crippen LogP contribution >= 0.6 is 0 Å². The Kier molecular flexibility index (Phi) is 8.39. The summed E-state index contributed by atoms with van der Waals surface area (Å²) in [6, 6.07) is 24.5. The van der Waals surface area contributed by atoms with Crippen molar-refractivity contribution in [2.24, 2.45) is 11.8 Å². The van der Waals surface area contributed by atoms with Crippen LogP contribution in [-0.4, -0.2) is 20.2 Å². The Balaban J connectivity index is 0.000000176. The minimum Gasteiger partial charge on any atom is -0.378 e. The molecule has 39 heavy (non-hydrogen) atoms. The highest BCUT2D eigenvalue weighted by atomic mass is 16.3. The van der Waals surface area contributed by atoms with Crippen molar-refractivity contribution in [3.8, 4) is 0 Å². The van der Waals surface area contributed by atoms with E-state index in [-0.39, 0.29) is 19.3 Å². The van der Waals surface area contributed by atoms with Crippen LogP contribution in [0.3, 0.4) is 0 Å². The van der Waals surface area contributed by atoms with Crippen LogP contribution in [0.2, 0.25) is 0 Å². The fourth-order valence-corrected chi connectivity index (χ4v) is 6.15. The zero-order chi connectivity index (χ0) is 26.9. The van der Waals surface area contributed by atoms with Crippen LogP contribution < -0.4 is 0 Å². The number of aromatic nitrogens is 2. The first-order chi connectivity index (χ1) is 18.3. The minimum atomic E-state index is -0.982. The Morgan fingerprint density at radius 2 is 0.872 bits per heavy atom. The highest BCUT2D eigenvalue weighted by Crippen LogP contribution is 2.42. The summed E-state index contributed by atoms with van der Waals surface area (Å²) in [5.74, 6) is 0.167. The lowest BCUT2D eigenvalue weighted by molar-refractivity contribution is 0.0268. The number of pyridine rings is 2. The molecule has 0 spiro atoms. The van der Waals surface area contributed by atoms with E-state index in [1.54, 1.807) is 12.4 Å². The Bertz CT molecular complexity index is 1220. The maximum absolute atomic E-state index is 11.4. The van der Waals surface area contributed by atoms with Crippen LogP contribution in [0.4, 0.5) is 0 Å². The highest BCUT2D eigenvalue weighted by Gasteiger charge is 2.42. The van der Waals surface area contributed by atoms with Crippen LogP contribution in [0, 0.1) is 11.8 Å². The zero-order valence-electron chi connectivity index (χ0n) is 22.9. The van der Waals surface area contributed by atoms with E-state index in [1.165, 1.54) is 11.1 Å². The van der Waals surface area contributed by atoms with Crippen molar-refractivity contribution in [1.82, 2.24) is 9.97 Å². The van der Waals surface area contributed by atoms with Crippen molar-refractivity contribution in [3.05, 3.63) is 130 Å². The number of hydrogen-bond acceptors (Lipinski definition) is 4. The molecular formula is C35H42N2O2. The van der Waals surface area contributed by atoms with Crippen molar-refractivity contribution in [1.29, 1.82) is 0 Å². The monoisotopic (exact) mass is 522 g/mol. The second kappa shape index (κ2) is 11.4. The van der Waals surface area contributed by atoms with Crippen LogP contribution in [-0.2, 0) is 36.9 Å². The van der Waals surface area contributed by atoms with Gasteiger partial charge in [-0.3, -0.25) is 9.97 Å². The fraction of sp³-hybridized carbons (Fsp3) is 0.371. The third-order valence-electron chi connectivity index (χ3n) is 8.36.